The number of ketones is 1. The maximum Gasteiger partial charge on any atom is 0.344 e. The summed E-state index contributed by atoms with van der Waals surface area (Å²) < 4.78 is 30.1. The van der Waals surface area contributed by atoms with E-state index in [1.807, 2.05) is 0 Å². The van der Waals surface area contributed by atoms with Gasteiger partial charge in [-0.2, -0.15) is 8.42 Å². The summed E-state index contributed by atoms with van der Waals surface area (Å²) in [5.41, 5.74) is 0. The molecular formula is C7H12O6S. The van der Waals surface area contributed by atoms with Crippen LogP contribution in [0.1, 0.15) is 13.8 Å². The van der Waals surface area contributed by atoms with Crippen molar-refractivity contribution in [3.05, 3.63) is 0 Å². The predicted molar refractivity (Wildman–Crippen MR) is 47.0 cm³/mol. The summed E-state index contributed by atoms with van der Waals surface area (Å²) in [7, 11) is -3.85. The molecule has 0 rings (SSSR count). The number of Topliss-reactive ketones (excluding diaryl/α,β-unsaturated/α-hetero) is 1. The molecule has 0 aromatic carbocycles. The SMILES string of the molecule is CCOC(=O)[C@H](OS(C)(=O)=O)C(C)=O. The van der Waals surface area contributed by atoms with E-state index < -0.39 is 28.0 Å². The van der Waals surface area contributed by atoms with Crippen LogP contribution in [0.2, 0.25) is 0 Å². The average molecular weight is 224 g/mol. The van der Waals surface area contributed by atoms with Gasteiger partial charge >= 0.3 is 5.97 Å². The monoisotopic (exact) mass is 224 g/mol. The average Bonchev–Trinajstić information content (AvgIpc) is 1.98. The van der Waals surface area contributed by atoms with Crippen LogP contribution in [0.15, 0.2) is 0 Å². The van der Waals surface area contributed by atoms with E-state index in [-0.39, 0.29) is 6.61 Å². The van der Waals surface area contributed by atoms with Crippen LogP contribution in [-0.4, -0.2) is 39.1 Å². The summed E-state index contributed by atoms with van der Waals surface area (Å²) in [4.78, 5) is 21.9. The smallest absolute Gasteiger partial charge is 0.344 e. The van der Waals surface area contributed by atoms with Crippen molar-refractivity contribution in [3.8, 4) is 0 Å². The number of carbonyl (C=O) groups excluding carboxylic acids is 2. The maximum absolute atomic E-state index is 11.0. The second-order valence-corrected chi connectivity index (χ2v) is 4.14. The molecule has 0 aliphatic carbocycles. The van der Waals surface area contributed by atoms with E-state index in [0.717, 1.165) is 13.2 Å². The minimum Gasteiger partial charge on any atom is -0.464 e. The highest BCUT2D eigenvalue weighted by Crippen LogP contribution is 2.02. The molecule has 0 unspecified atom stereocenters. The highest BCUT2D eigenvalue weighted by molar-refractivity contribution is 7.86. The molecule has 0 aromatic heterocycles. The lowest BCUT2D eigenvalue weighted by Gasteiger charge is -2.11. The van der Waals surface area contributed by atoms with E-state index >= 15 is 0 Å². The van der Waals surface area contributed by atoms with Gasteiger partial charge in [0, 0.05) is 0 Å². The third-order valence-electron chi connectivity index (χ3n) is 1.14. The van der Waals surface area contributed by atoms with Crippen LogP contribution in [0, 0.1) is 0 Å². The summed E-state index contributed by atoms with van der Waals surface area (Å²) >= 11 is 0. The van der Waals surface area contributed by atoms with Gasteiger partial charge in [-0.25, -0.2) is 8.98 Å². The number of hydrogen-bond acceptors (Lipinski definition) is 6. The van der Waals surface area contributed by atoms with E-state index in [1.165, 1.54) is 6.92 Å². The molecule has 1 atom stereocenters. The quantitative estimate of drug-likeness (QED) is 0.355. The second-order valence-electron chi connectivity index (χ2n) is 2.54. The Morgan fingerprint density at radius 2 is 1.86 bits per heavy atom. The van der Waals surface area contributed by atoms with Gasteiger partial charge in [-0.3, -0.25) is 4.79 Å². The fourth-order valence-corrected chi connectivity index (χ4v) is 1.23. The summed E-state index contributed by atoms with van der Waals surface area (Å²) in [6, 6.07) is 0. The Labute approximate surface area is 82.3 Å². The predicted octanol–water partition coefficient (Wildman–Crippen LogP) is -0.517. The molecular weight excluding hydrogens is 212 g/mol. The van der Waals surface area contributed by atoms with Crippen molar-refractivity contribution >= 4 is 21.9 Å². The Hall–Kier alpha value is -0.950. The zero-order chi connectivity index (χ0) is 11.4. The van der Waals surface area contributed by atoms with Gasteiger partial charge in [0.2, 0.25) is 6.10 Å². The summed E-state index contributed by atoms with van der Waals surface area (Å²) in [5.74, 6) is -1.71. The standard InChI is InChI=1S/C7H12O6S/c1-4-12-7(9)6(5(2)8)13-14(3,10)11/h6H,4H2,1-3H3/t6-/m1/s1. The fraction of sp³-hybridized carbons (Fsp3) is 0.714. The topological polar surface area (TPSA) is 86.7 Å². The van der Waals surface area contributed by atoms with E-state index in [0.29, 0.717) is 0 Å². The first-order valence-electron chi connectivity index (χ1n) is 3.83. The first-order valence-corrected chi connectivity index (χ1v) is 5.65. The van der Waals surface area contributed by atoms with Gasteiger partial charge in [0.15, 0.2) is 5.78 Å². The molecule has 0 heterocycles. The molecule has 0 radical (unpaired) electrons. The lowest BCUT2D eigenvalue weighted by molar-refractivity contribution is -0.154. The van der Waals surface area contributed by atoms with Crippen molar-refractivity contribution in [3.63, 3.8) is 0 Å². The first-order chi connectivity index (χ1) is 6.28. The second kappa shape index (κ2) is 5.06. The highest BCUT2D eigenvalue weighted by Gasteiger charge is 2.29. The molecule has 0 bridgehead atoms. The van der Waals surface area contributed by atoms with Gasteiger partial charge < -0.3 is 4.74 Å². The van der Waals surface area contributed by atoms with Crippen molar-refractivity contribution in [2.75, 3.05) is 12.9 Å². The summed E-state index contributed by atoms with van der Waals surface area (Å²) in [6.07, 6.45) is -0.938. The van der Waals surface area contributed by atoms with Crippen LogP contribution < -0.4 is 0 Å². The molecule has 0 saturated carbocycles. The van der Waals surface area contributed by atoms with Crippen molar-refractivity contribution in [1.82, 2.24) is 0 Å². The van der Waals surface area contributed by atoms with E-state index in [1.54, 1.807) is 0 Å². The molecule has 0 saturated heterocycles. The Balaban J connectivity index is 4.62. The normalized spacial score (nSPS) is 13.4. The zero-order valence-electron chi connectivity index (χ0n) is 8.14. The van der Waals surface area contributed by atoms with Gasteiger partial charge in [0.1, 0.15) is 0 Å². The van der Waals surface area contributed by atoms with Crippen LogP contribution in [0.5, 0.6) is 0 Å². The van der Waals surface area contributed by atoms with Crippen molar-refractivity contribution in [2.24, 2.45) is 0 Å². The molecule has 0 N–H and O–H groups in total. The molecule has 6 nitrogen and oxygen atoms in total. The fourth-order valence-electron chi connectivity index (χ4n) is 0.666. The van der Waals surface area contributed by atoms with Crippen molar-refractivity contribution in [1.29, 1.82) is 0 Å². The minimum absolute atomic E-state index is 0.0513. The Bertz CT molecular complexity index is 317. The largest absolute Gasteiger partial charge is 0.464 e. The van der Waals surface area contributed by atoms with Crippen molar-refractivity contribution < 1.29 is 26.9 Å². The van der Waals surface area contributed by atoms with E-state index in [4.69, 9.17) is 0 Å². The summed E-state index contributed by atoms with van der Waals surface area (Å²) in [6.45, 7) is 2.64. The lowest BCUT2D eigenvalue weighted by Crippen LogP contribution is -2.34. The van der Waals surface area contributed by atoms with Crippen LogP contribution >= 0.6 is 0 Å². The number of ether oxygens (including phenoxy) is 1. The van der Waals surface area contributed by atoms with Gasteiger partial charge in [-0.05, 0) is 13.8 Å². The van der Waals surface area contributed by atoms with Gasteiger partial charge in [-0.15, -0.1) is 0 Å². The first kappa shape index (κ1) is 13.1. The van der Waals surface area contributed by atoms with Gasteiger partial charge in [0.05, 0.1) is 12.9 Å². The molecule has 82 valence electrons. The molecule has 7 heteroatoms. The van der Waals surface area contributed by atoms with E-state index in [9.17, 15) is 18.0 Å². The van der Waals surface area contributed by atoms with Crippen LogP contribution in [0.3, 0.4) is 0 Å². The third kappa shape index (κ3) is 4.93. The maximum atomic E-state index is 11.0. The molecule has 0 aromatic rings. The third-order valence-corrected chi connectivity index (χ3v) is 1.68. The number of carbonyl (C=O) groups is 2. The zero-order valence-corrected chi connectivity index (χ0v) is 8.96. The molecule has 0 spiro atoms. The van der Waals surface area contributed by atoms with Gasteiger partial charge in [-0.1, -0.05) is 0 Å². The molecule has 0 aliphatic rings. The number of esters is 1. The Morgan fingerprint density at radius 3 is 2.14 bits per heavy atom. The molecule has 0 amide bonds. The molecule has 0 fully saturated rings. The van der Waals surface area contributed by atoms with Crippen LogP contribution in [0.4, 0.5) is 0 Å². The minimum atomic E-state index is -3.85. The molecule has 0 aliphatic heterocycles. The van der Waals surface area contributed by atoms with Crippen molar-refractivity contribution in [2.45, 2.75) is 20.0 Å². The van der Waals surface area contributed by atoms with Crippen LogP contribution in [0.25, 0.3) is 0 Å². The number of rotatable bonds is 5. The Morgan fingerprint density at radius 1 is 1.36 bits per heavy atom. The highest BCUT2D eigenvalue weighted by atomic mass is 32.2. The number of hydrogen-bond donors (Lipinski definition) is 0. The molecule has 14 heavy (non-hydrogen) atoms. The van der Waals surface area contributed by atoms with Crippen LogP contribution in [-0.2, 0) is 28.6 Å². The summed E-state index contributed by atoms with van der Waals surface area (Å²) in [5, 5.41) is 0. The van der Waals surface area contributed by atoms with Gasteiger partial charge in [0.25, 0.3) is 10.1 Å². The van der Waals surface area contributed by atoms with E-state index in [2.05, 4.69) is 8.92 Å². The Kier molecular flexibility index (Phi) is 4.72. The lowest BCUT2D eigenvalue weighted by atomic mass is 10.3.